The number of rotatable bonds is 7. The fourth-order valence-electron chi connectivity index (χ4n) is 2.27. The number of aryl methyl sites for hydroxylation is 1. The summed E-state index contributed by atoms with van der Waals surface area (Å²) in [6.45, 7) is 4.72. The predicted molar refractivity (Wildman–Crippen MR) is 72.7 cm³/mol. The van der Waals surface area contributed by atoms with Crippen LogP contribution in [0.15, 0.2) is 24.3 Å². The van der Waals surface area contributed by atoms with Crippen molar-refractivity contribution in [3.63, 3.8) is 0 Å². The third-order valence-electron chi connectivity index (χ3n) is 3.52. The molecule has 1 unspecified atom stereocenters. The van der Waals surface area contributed by atoms with Crippen LogP contribution < -0.4 is 0 Å². The quantitative estimate of drug-likeness (QED) is 0.738. The Bertz CT molecular complexity index is 390. The molecule has 0 N–H and O–H groups in total. The maximum Gasteiger partial charge on any atom is 0.166 e. The van der Waals surface area contributed by atoms with E-state index in [1.54, 1.807) is 0 Å². The van der Waals surface area contributed by atoms with E-state index in [-0.39, 0.29) is 11.9 Å². The number of carbonyl (C=O) groups is 1. The van der Waals surface area contributed by atoms with E-state index in [1.807, 2.05) is 6.92 Å². The van der Waals surface area contributed by atoms with Crippen molar-refractivity contribution in [2.45, 2.75) is 45.6 Å². The standard InChI is InChI=1S/C16H22O2/c1-3-12-5-7-13(8-6-12)11-15(17)16(18-4-2)14-9-10-14/h5-8,14,16H,3-4,9-11H2,1-2H3. The van der Waals surface area contributed by atoms with Crippen LogP contribution >= 0.6 is 0 Å². The Labute approximate surface area is 109 Å². The first kappa shape index (κ1) is 13.3. The number of hydrogen-bond donors (Lipinski definition) is 0. The van der Waals surface area contributed by atoms with Gasteiger partial charge in [0.25, 0.3) is 0 Å². The summed E-state index contributed by atoms with van der Waals surface area (Å²) in [5, 5.41) is 0. The van der Waals surface area contributed by atoms with E-state index in [4.69, 9.17) is 4.74 Å². The maximum absolute atomic E-state index is 12.2. The van der Waals surface area contributed by atoms with E-state index in [1.165, 1.54) is 5.56 Å². The van der Waals surface area contributed by atoms with E-state index in [2.05, 4.69) is 31.2 Å². The first-order valence-corrected chi connectivity index (χ1v) is 6.96. The van der Waals surface area contributed by atoms with Crippen LogP contribution in [-0.4, -0.2) is 18.5 Å². The van der Waals surface area contributed by atoms with Crippen molar-refractivity contribution in [2.75, 3.05) is 6.61 Å². The number of benzene rings is 1. The Morgan fingerprint density at radius 3 is 2.33 bits per heavy atom. The highest BCUT2D eigenvalue weighted by Gasteiger charge is 2.36. The Hall–Kier alpha value is -1.15. The van der Waals surface area contributed by atoms with E-state index in [9.17, 15) is 4.79 Å². The zero-order valence-electron chi connectivity index (χ0n) is 11.3. The minimum absolute atomic E-state index is 0.166. The van der Waals surface area contributed by atoms with Gasteiger partial charge in [0.2, 0.25) is 0 Å². The van der Waals surface area contributed by atoms with E-state index in [0.29, 0.717) is 18.9 Å². The second kappa shape index (κ2) is 6.14. The van der Waals surface area contributed by atoms with Crippen LogP contribution in [0.4, 0.5) is 0 Å². The topological polar surface area (TPSA) is 26.3 Å². The van der Waals surface area contributed by atoms with Crippen molar-refractivity contribution in [3.8, 4) is 0 Å². The molecule has 1 atom stereocenters. The van der Waals surface area contributed by atoms with Gasteiger partial charge < -0.3 is 4.74 Å². The molecule has 2 nitrogen and oxygen atoms in total. The molecular formula is C16H22O2. The maximum atomic E-state index is 12.2. The second-order valence-corrected chi connectivity index (χ2v) is 5.03. The molecule has 0 aromatic heterocycles. The molecule has 0 heterocycles. The van der Waals surface area contributed by atoms with Crippen LogP contribution in [0.5, 0.6) is 0 Å². The molecule has 0 bridgehead atoms. The second-order valence-electron chi connectivity index (χ2n) is 5.03. The average Bonchev–Trinajstić information content (AvgIpc) is 3.21. The van der Waals surface area contributed by atoms with E-state index >= 15 is 0 Å². The van der Waals surface area contributed by atoms with Crippen LogP contribution in [0.3, 0.4) is 0 Å². The summed E-state index contributed by atoms with van der Waals surface area (Å²) in [7, 11) is 0. The van der Waals surface area contributed by atoms with Crippen LogP contribution in [0, 0.1) is 5.92 Å². The molecule has 18 heavy (non-hydrogen) atoms. The van der Waals surface area contributed by atoms with Gasteiger partial charge in [0.1, 0.15) is 6.10 Å². The lowest BCUT2D eigenvalue weighted by atomic mass is 10.0. The zero-order valence-corrected chi connectivity index (χ0v) is 11.3. The summed E-state index contributed by atoms with van der Waals surface area (Å²) in [6, 6.07) is 8.34. The fourth-order valence-corrected chi connectivity index (χ4v) is 2.27. The molecule has 2 rings (SSSR count). The number of Topliss-reactive ketones (excluding diaryl/α,β-unsaturated/α-hetero) is 1. The Balaban J connectivity index is 1.95. The lowest BCUT2D eigenvalue weighted by Crippen LogP contribution is -2.28. The first-order valence-electron chi connectivity index (χ1n) is 6.96. The summed E-state index contributed by atoms with van der Waals surface area (Å²) in [6.07, 6.45) is 3.67. The molecular weight excluding hydrogens is 224 g/mol. The zero-order chi connectivity index (χ0) is 13.0. The molecule has 1 aromatic rings. The first-order chi connectivity index (χ1) is 8.74. The summed E-state index contributed by atoms with van der Waals surface area (Å²) < 4.78 is 5.60. The van der Waals surface area contributed by atoms with Gasteiger partial charge in [0.05, 0.1) is 0 Å². The van der Waals surface area contributed by atoms with Gasteiger partial charge in [-0.05, 0) is 43.2 Å². The molecule has 1 aromatic carbocycles. The van der Waals surface area contributed by atoms with Crippen LogP contribution in [0.25, 0.3) is 0 Å². The molecule has 2 heteroatoms. The Kier molecular flexibility index (Phi) is 4.54. The average molecular weight is 246 g/mol. The molecule has 0 aliphatic heterocycles. The van der Waals surface area contributed by atoms with Gasteiger partial charge in [-0.3, -0.25) is 4.79 Å². The summed E-state index contributed by atoms with van der Waals surface area (Å²) in [4.78, 5) is 12.2. The van der Waals surface area contributed by atoms with Crippen molar-refractivity contribution < 1.29 is 9.53 Å². The third-order valence-corrected chi connectivity index (χ3v) is 3.52. The van der Waals surface area contributed by atoms with Crippen molar-refractivity contribution in [1.82, 2.24) is 0 Å². The van der Waals surface area contributed by atoms with Crippen molar-refractivity contribution in [1.29, 1.82) is 0 Å². The molecule has 1 aliphatic carbocycles. The van der Waals surface area contributed by atoms with Crippen LogP contribution in [-0.2, 0) is 22.4 Å². The van der Waals surface area contributed by atoms with Gasteiger partial charge in [0, 0.05) is 13.0 Å². The fraction of sp³-hybridized carbons (Fsp3) is 0.562. The Morgan fingerprint density at radius 1 is 1.22 bits per heavy atom. The molecule has 1 fully saturated rings. The van der Waals surface area contributed by atoms with Crippen molar-refractivity contribution >= 4 is 5.78 Å². The molecule has 0 saturated heterocycles. The predicted octanol–water partition coefficient (Wildman–Crippen LogP) is 3.18. The largest absolute Gasteiger partial charge is 0.370 e. The SMILES string of the molecule is CCOC(C(=O)Cc1ccc(CC)cc1)C1CC1. The molecule has 1 saturated carbocycles. The van der Waals surface area contributed by atoms with Gasteiger partial charge in [-0.15, -0.1) is 0 Å². The summed E-state index contributed by atoms with van der Waals surface area (Å²) in [5.74, 6) is 0.718. The third kappa shape index (κ3) is 3.42. The van der Waals surface area contributed by atoms with Crippen LogP contribution in [0.2, 0.25) is 0 Å². The smallest absolute Gasteiger partial charge is 0.166 e. The monoisotopic (exact) mass is 246 g/mol. The summed E-state index contributed by atoms with van der Waals surface area (Å²) in [5.41, 5.74) is 2.41. The number of hydrogen-bond acceptors (Lipinski definition) is 2. The normalized spacial score (nSPS) is 16.6. The number of ketones is 1. The minimum Gasteiger partial charge on any atom is -0.370 e. The number of carbonyl (C=O) groups excluding carboxylic acids is 1. The van der Waals surface area contributed by atoms with Gasteiger partial charge in [0.15, 0.2) is 5.78 Å². The highest BCUT2D eigenvalue weighted by atomic mass is 16.5. The summed E-state index contributed by atoms with van der Waals surface area (Å²) >= 11 is 0. The van der Waals surface area contributed by atoms with E-state index in [0.717, 1.165) is 24.8 Å². The van der Waals surface area contributed by atoms with Crippen molar-refractivity contribution in [3.05, 3.63) is 35.4 Å². The van der Waals surface area contributed by atoms with Gasteiger partial charge in [-0.1, -0.05) is 31.2 Å². The van der Waals surface area contributed by atoms with Gasteiger partial charge in [-0.25, -0.2) is 0 Å². The molecule has 98 valence electrons. The molecule has 0 amide bonds. The van der Waals surface area contributed by atoms with Crippen LogP contribution in [0.1, 0.15) is 37.8 Å². The lowest BCUT2D eigenvalue weighted by molar-refractivity contribution is -0.130. The van der Waals surface area contributed by atoms with Gasteiger partial charge in [-0.2, -0.15) is 0 Å². The van der Waals surface area contributed by atoms with Gasteiger partial charge >= 0.3 is 0 Å². The molecule has 0 spiro atoms. The van der Waals surface area contributed by atoms with E-state index < -0.39 is 0 Å². The molecule has 1 aliphatic rings. The van der Waals surface area contributed by atoms with Crippen molar-refractivity contribution in [2.24, 2.45) is 5.92 Å². The highest BCUT2D eigenvalue weighted by molar-refractivity contribution is 5.85. The molecule has 0 radical (unpaired) electrons. The number of ether oxygens (including phenoxy) is 1. The highest BCUT2D eigenvalue weighted by Crippen LogP contribution is 2.35. The lowest BCUT2D eigenvalue weighted by Gasteiger charge is -2.15. The Morgan fingerprint density at radius 2 is 1.83 bits per heavy atom. The minimum atomic E-state index is -0.166.